The maximum atomic E-state index is 13.2. The number of anilines is 1. The Kier molecular flexibility index (Phi) is 10.5. The van der Waals surface area contributed by atoms with E-state index in [1.807, 2.05) is 29.2 Å². The number of aliphatic imine (C=N–C) groups is 1. The monoisotopic (exact) mass is 540 g/mol. The Morgan fingerprint density at radius 3 is 2.55 bits per heavy atom. The molecule has 2 heterocycles. The molecule has 0 radical (unpaired) electrons. The van der Waals surface area contributed by atoms with Crippen molar-refractivity contribution >= 4 is 41.7 Å². The van der Waals surface area contributed by atoms with Gasteiger partial charge in [0.15, 0.2) is 5.96 Å². The van der Waals surface area contributed by atoms with E-state index in [0.29, 0.717) is 45.0 Å². The number of piperazine rings is 1. The van der Waals surface area contributed by atoms with Gasteiger partial charge in [0.05, 0.1) is 0 Å². The van der Waals surface area contributed by atoms with Crippen LogP contribution >= 0.6 is 24.0 Å². The molecule has 1 aliphatic rings. The average Bonchev–Trinajstić information content (AvgIpc) is 2.78. The number of hydrogen-bond acceptors (Lipinski definition) is 4. The molecule has 1 fully saturated rings. The Morgan fingerprint density at radius 2 is 1.87 bits per heavy atom. The Bertz CT molecular complexity index is 843. The highest BCUT2D eigenvalue weighted by Crippen LogP contribution is 2.12. The summed E-state index contributed by atoms with van der Waals surface area (Å²) in [6, 6.07) is 12.4. The second-order valence-electron chi connectivity index (χ2n) is 7.11. The molecule has 1 saturated heterocycles. The quantitative estimate of drug-likeness (QED) is 0.321. The van der Waals surface area contributed by atoms with E-state index in [-0.39, 0.29) is 35.7 Å². The molecule has 0 saturated carbocycles. The molecule has 9 heteroatoms. The van der Waals surface area contributed by atoms with Gasteiger partial charge >= 0.3 is 0 Å². The highest BCUT2D eigenvalue weighted by molar-refractivity contribution is 14.0. The third-order valence-electron chi connectivity index (χ3n) is 5.06. The van der Waals surface area contributed by atoms with Crippen LogP contribution in [0.25, 0.3) is 0 Å². The number of guanidine groups is 1. The number of pyridine rings is 1. The van der Waals surface area contributed by atoms with E-state index in [1.54, 1.807) is 19.3 Å². The minimum atomic E-state index is -0.227. The molecule has 168 valence electrons. The lowest BCUT2D eigenvalue weighted by molar-refractivity contribution is -0.131. The summed E-state index contributed by atoms with van der Waals surface area (Å²) in [5.41, 5.74) is 0.929. The maximum absolute atomic E-state index is 13.2. The largest absolute Gasteiger partial charge is 0.356 e. The Balaban J connectivity index is 0.00000341. The van der Waals surface area contributed by atoms with Gasteiger partial charge in [-0.1, -0.05) is 18.2 Å². The van der Waals surface area contributed by atoms with Crippen molar-refractivity contribution in [1.29, 1.82) is 0 Å². The summed E-state index contributed by atoms with van der Waals surface area (Å²) < 4.78 is 13.2. The third-order valence-corrected chi connectivity index (χ3v) is 5.06. The summed E-state index contributed by atoms with van der Waals surface area (Å²) in [6.45, 7) is 4.14. The highest BCUT2D eigenvalue weighted by Gasteiger charge is 2.21. The average molecular weight is 540 g/mol. The van der Waals surface area contributed by atoms with Crippen molar-refractivity contribution in [3.8, 4) is 0 Å². The van der Waals surface area contributed by atoms with Gasteiger partial charge < -0.3 is 20.4 Å². The maximum Gasteiger partial charge on any atom is 0.224 e. The molecular formula is C22H30FIN6O. The van der Waals surface area contributed by atoms with Crippen molar-refractivity contribution in [2.24, 2.45) is 4.99 Å². The first-order valence-corrected chi connectivity index (χ1v) is 10.3. The zero-order valence-corrected chi connectivity index (χ0v) is 20.1. The van der Waals surface area contributed by atoms with Crippen LogP contribution in [0.2, 0.25) is 0 Å². The summed E-state index contributed by atoms with van der Waals surface area (Å²) >= 11 is 0. The first-order chi connectivity index (χ1) is 14.7. The summed E-state index contributed by atoms with van der Waals surface area (Å²) in [5.74, 6) is 1.51. The molecule has 1 aromatic heterocycles. The van der Waals surface area contributed by atoms with E-state index >= 15 is 0 Å². The summed E-state index contributed by atoms with van der Waals surface area (Å²) in [4.78, 5) is 25.1. The lowest BCUT2D eigenvalue weighted by Crippen LogP contribution is -2.49. The zero-order valence-electron chi connectivity index (χ0n) is 17.8. The third kappa shape index (κ3) is 7.97. The molecule has 0 aliphatic carbocycles. The van der Waals surface area contributed by atoms with Crippen LogP contribution in [0.15, 0.2) is 53.7 Å². The molecule has 0 atom stereocenters. The van der Waals surface area contributed by atoms with Gasteiger partial charge in [0.25, 0.3) is 0 Å². The molecule has 0 unspecified atom stereocenters. The van der Waals surface area contributed by atoms with Crippen LogP contribution in [0.4, 0.5) is 10.2 Å². The van der Waals surface area contributed by atoms with Gasteiger partial charge in [-0.2, -0.15) is 0 Å². The van der Waals surface area contributed by atoms with E-state index in [0.717, 1.165) is 24.5 Å². The van der Waals surface area contributed by atoms with E-state index < -0.39 is 0 Å². The van der Waals surface area contributed by atoms with Crippen molar-refractivity contribution in [1.82, 2.24) is 20.5 Å². The van der Waals surface area contributed by atoms with Crippen molar-refractivity contribution in [3.63, 3.8) is 0 Å². The smallest absolute Gasteiger partial charge is 0.224 e. The van der Waals surface area contributed by atoms with Crippen LogP contribution in [0, 0.1) is 5.82 Å². The van der Waals surface area contributed by atoms with E-state index in [4.69, 9.17) is 0 Å². The number of carbonyl (C=O) groups is 1. The van der Waals surface area contributed by atoms with E-state index in [2.05, 4.69) is 25.5 Å². The molecule has 0 bridgehead atoms. The fourth-order valence-corrected chi connectivity index (χ4v) is 3.41. The number of aromatic nitrogens is 1. The van der Waals surface area contributed by atoms with Gasteiger partial charge in [-0.3, -0.25) is 9.79 Å². The Morgan fingerprint density at radius 1 is 1.10 bits per heavy atom. The molecule has 3 rings (SSSR count). The number of rotatable bonds is 7. The van der Waals surface area contributed by atoms with Gasteiger partial charge in [0.1, 0.15) is 11.6 Å². The van der Waals surface area contributed by atoms with Crippen LogP contribution in [0.3, 0.4) is 0 Å². The molecule has 1 amide bonds. The van der Waals surface area contributed by atoms with Gasteiger partial charge in [-0.25, -0.2) is 9.37 Å². The van der Waals surface area contributed by atoms with Crippen LogP contribution in [0.5, 0.6) is 0 Å². The summed E-state index contributed by atoms with van der Waals surface area (Å²) in [7, 11) is 1.69. The number of carbonyl (C=O) groups excluding carboxylic acids is 1. The van der Waals surface area contributed by atoms with Crippen molar-refractivity contribution < 1.29 is 9.18 Å². The van der Waals surface area contributed by atoms with Crippen LogP contribution in [0.1, 0.15) is 12.0 Å². The standard InChI is InChI=1S/C22H29FN6O.HI/c1-24-22(26-11-8-18-5-4-6-19(23)17-18)27-12-9-21(30)29-15-13-28(14-16-29)20-7-2-3-10-25-20;/h2-7,10,17H,8-9,11-16H2,1H3,(H2,24,26,27);1H. The van der Waals surface area contributed by atoms with Gasteiger partial charge in [0.2, 0.25) is 5.91 Å². The number of nitrogens with one attached hydrogen (secondary N) is 2. The second-order valence-corrected chi connectivity index (χ2v) is 7.11. The van der Waals surface area contributed by atoms with Crippen LogP contribution in [-0.2, 0) is 11.2 Å². The highest BCUT2D eigenvalue weighted by atomic mass is 127. The number of hydrogen-bond donors (Lipinski definition) is 2. The second kappa shape index (κ2) is 13.1. The predicted molar refractivity (Wildman–Crippen MR) is 133 cm³/mol. The van der Waals surface area contributed by atoms with Gasteiger partial charge in [-0.15, -0.1) is 24.0 Å². The van der Waals surface area contributed by atoms with E-state index in [1.165, 1.54) is 12.1 Å². The fraction of sp³-hybridized carbons (Fsp3) is 0.409. The molecule has 7 nitrogen and oxygen atoms in total. The van der Waals surface area contributed by atoms with E-state index in [9.17, 15) is 9.18 Å². The Hall–Kier alpha value is -2.43. The van der Waals surface area contributed by atoms with Crippen molar-refractivity contribution in [3.05, 3.63) is 60.0 Å². The topological polar surface area (TPSA) is 72.9 Å². The molecule has 2 aromatic rings. The van der Waals surface area contributed by atoms with Crippen LogP contribution in [-0.4, -0.2) is 68.1 Å². The first kappa shape index (κ1) is 24.8. The molecule has 0 spiro atoms. The first-order valence-electron chi connectivity index (χ1n) is 10.3. The normalized spacial score (nSPS) is 14.1. The minimum Gasteiger partial charge on any atom is -0.356 e. The molecule has 2 N–H and O–H groups in total. The lowest BCUT2D eigenvalue weighted by atomic mass is 10.1. The summed E-state index contributed by atoms with van der Waals surface area (Å²) in [6.07, 6.45) is 2.89. The van der Waals surface area contributed by atoms with Crippen molar-refractivity contribution in [2.75, 3.05) is 51.2 Å². The molecule has 1 aliphatic heterocycles. The number of nitrogens with zero attached hydrogens (tertiary/aromatic N) is 4. The van der Waals surface area contributed by atoms with Crippen molar-refractivity contribution in [2.45, 2.75) is 12.8 Å². The zero-order chi connectivity index (χ0) is 21.2. The number of benzene rings is 1. The van der Waals surface area contributed by atoms with Gasteiger partial charge in [-0.05, 0) is 36.2 Å². The number of halogens is 2. The summed E-state index contributed by atoms with van der Waals surface area (Å²) in [5, 5.41) is 6.36. The molecule has 1 aromatic carbocycles. The fourth-order valence-electron chi connectivity index (χ4n) is 3.41. The SMILES string of the molecule is CN=C(NCCC(=O)N1CCN(c2ccccn2)CC1)NCCc1cccc(F)c1.I. The lowest BCUT2D eigenvalue weighted by Gasteiger charge is -2.35. The molecule has 31 heavy (non-hydrogen) atoms. The van der Waals surface area contributed by atoms with Crippen LogP contribution < -0.4 is 15.5 Å². The predicted octanol–water partition coefficient (Wildman–Crippen LogP) is 2.29. The minimum absolute atomic E-state index is 0. The molecular weight excluding hydrogens is 510 g/mol. The van der Waals surface area contributed by atoms with Gasteiger partial charge in [0, 0.05) is 58.9 Å². The number of amides is 1. The Labute approximate surface area is 200 Å².